The van der Waals surface area contributed by atoms with Crippen molar-refractivity contribution < 1.29 is 0 Å². The van der Waals surface area contributed by atoms with Gasteiger partial charge in [-0.3, -0.25) is 0 Å². The highest BCUT2D eigenvalue weighted by Crippen LogP contribution is 2.36. The first-order valence-corrected chi connectivity index (χ1v) is 9.44. The van der Waals surface area contributed by atoms with Crippen LogP contribution in [0.4, 0.5) is 0 Å². The third-order valence-corrected chi connectivity index (χ3v) is 5.35. The maximum Gasteiger partial charge on any atom is 0.0412 e. The van der Waals surface area contributed by atoms with Gasteiger partial charge in [0.25, 0.3) is 0 Å². The van der Waals surface area contributed by atoms with E-state index in [1.807, 2.05) is 18.2 Å². The van der Waals surface area contributed by atoms with Crippen LogP contribution in [0.1, 0.15) is 0 Å². The lowest BCUT2D eigenvalue weighted by Crippen LogP contribution is -1.86. The molecule has 27 heavy (non-hydrogen) atoms. The molecule has 0 fully saturated rings. The summed E-state index contributed by atoms with van der Waals surface area (Å²) >= 11 is 6.23. The molecule has 0 saturated carbocycles. The molecule has 5 rings (SSSR count). The Morgan fingerprint density at radius 2 is 1.07 bits per heavy atom. The Kier molecular flexibility index (Phi) is 3.92. The van der Waals surface area contributed by atoms with Crippen LogP contribution in [0, 0.1) is 0 Å². The van der Waals surface area contributed by atoms with Gasteiger partial charge >= 0.3 is 0 Å². The van der Waals surface area contributed by atoms with Gasteiger partial charge in [-0.1, -0.05) is 96.5 Å². The van der Waals surface area contributed by atoms with Gasteiger partial charge in [0.05, 0.1) is 0 Å². The van der Waals surface area contributed by atoms with Crippen LogP contribution in [0.25, 0.3) is 43.8 Å². The van der Waals surface area contributed by atoms with E-state index in [4.69, 9.17) is 11.6 Å². The molecule has 0 aliphatic heterocycles. The molecule has 0 aliphatic rings. The molecule has 0 atom stereocenters. The maximum absolute atomic E-state index is 6.23. The predicted octanol–water partition coefficient (Wildman–Crippen LogP) is 7.98. The molecule has 0 spiro atoms. The maximum atomic E-state index is 6.23. The second-order valence-electron chi connectivity index (χ2n) is 6.78. The minimum Gasteiger partial charge on any atom is -0.0843 e. The van der Waals surface area contributed by atoms with Gasteiger partial charge in [-0.25, -0.2) is 0 Å². The lowest BCUT2D eigenvalue weighted by Gasteiger charge is -2.12. The molecular formula is C26H17Cl. The van der Waals surface area contributed by atoms with E-state index in [2.05, 4.69) is 84.9 Å². The summed E-state index contributed by atoms with van der Waals surface area (Å²) in [7, 11) is 0. The molecule has 0 N–H and O–H groups in total. The molecule has 0 nitrogen and oxygen atoms in total. The van der Waals surface area contributed by atoms with Gasteiger partial charge in [-0.2, -0.15) is 0 Å². The Labute approximate surface area is 163 Å². The van der Waals surface area contributed by atoms with Crippen molar-refractivity contribution in [2.24, 2.45) is 0 Å². The number of rotatable bonds is 2. The molecular weight excluding hydrogens is 348 g/mol. The van der Waals surface area contributed by atoms with E-state index in [9.17, 15) is 0 Å². The molecule has 0 aromatic heterocycles. The van der Waals surface area contributed by atoms with Crippen LogP contribution in [0.3, 0.4) is 0 Å². The van der Waals surface area contributed by atoms with Crippen molar-refractivity contribution >= 4 is 33.1 Å². The first-order valence-electron chi connectivity index (χ1n) is 9.06. The molecule has 0 aliphatic carbocycles. The summed E-state index contributed by atoms with van der Waals surface area (Å²) in [5.41, 5.74) is 4.84. The fourth-order valence-electron chi connectivity index (χ4n) is 3.83. The van der Waals surface area contributed by atoms with Crippen molar-refractivity contribution in [1.29, 1.82) is 0 Å². The fourth-order valence-corrected chi connectivity index (χ4v) is 4.02. The fraction of sp³-hybridized carbons (Fsp3) is 0. The van der Waals surface area contributed by atoms with Gasteiger partial charge in [0, 0.05) is 5.02 Å². The van der Waals surface area contributed by atoms with Crippen molar-refractivity contribution in [3.05, 3.63) is 108 Å². The third-order valence-electron chi connectivity index (χ3n) is 5.12. The second-order valence-corrected chi connectivity index (χ2v) is 7.21. The van der Waals surface area contributed by atoms with Crippen LogP contribution >= 0.6 is 11.6 Å². The number of fused-ring (bicyclic) bond motifs is 2. The molecule has 0 unspecified atom stereocenters. The Morgan fingerprint density at radius 1 is 0.444 bits per heavy atom. The van der Waals surface area contributed by atoms with E-state index >= 15 is 0 Å². The van der Waals surface area contributed by atoms with E-state index in [1.54, 1.807) is 0 Å². The van der Waals surface area contributed by atoms with Gasteiger partial charge < -0.3 is 0 Å². The van der Waals surface area contributed by atoms with Crippen LogP contribution in [0.5, 0.6) is 0 Å². The minimum atomic E-state index is 0.759. The number of hydrogen-bond donors (Lipinski definition) is 0. The summed E-state index contributed by atoms with van der Waals surface area (Å²) in [4.78, 5) is 0. The molecule has 0 radical (unpaired) electrons. The Hall–Kier alpha value is -3.09. The Morgan fingerprint density at radius 3 is 1.78 bits per heavy atom. The van der Waals surface area contributed by atoms with Gasteiger partial charge in [0.1, 0.15) is 0 Å². The summed E-state index contributed by atoms with van der Waals surface area (Å²) in [5.74, 6) is 0. The number of halogens is 1. The molecule has 5 aromatic carbocycles. The van der Waals surface area contributed by atoms with Crippen molar-refractivity contribution in [2.75, 3.05) is 0 Å². The van der Waals surface area contributed by atoms with Crippen molar-refractivity contribution in [3.8, 4) is 22.3 Å². The quantitative estimate of drug-likeness (QED) is 0.298. The molecule has 1 heteroatoms. The van der Waals surface area contributed by atoms with Gasteiger partial charge in [0.15, 0.2) is 0 Å². The zero-order chi connectivity index (χ0) is 18.2. The standard InChI is InChI=1S/C26H17Cl/c27-22-9-3-8-20(17-22)23-10-4-13-26-24(11-5-12-25(23)26)21-15-14-18-6-1-2-7-19(18)16-21/h1-17H. The zero-order valence-corrected chi connectivity index (χ0v) is 15.4. The normalized spacial score (nSPS) is 11.1. The molecule has 0 amide bonds. The van der Waals surface area contributed by atoms with Crippen molar-refractivity contribution in [3.63, 3.8) is 0 Å². The average molecular weight is 365 g/mol. The van der Waals surface area contributed by atoms with Crippen LogP contribution < -0.4 is 0 Å². The van der Waals surface area contributed by atoms with Crippen LogP contribution in [-0.4, -0.2) is 0 Å². The van der Waals surface area contributed by atoms with E-state index in [0.717, 1.165) is 10.6 Å². The molecule has 5 aromatic rings. The van der Waals surface area contributed by atoms with Crippen LogP contribution in [0.2, 0.25) is 5.02 Å². The first kappa shape index (κ1) is 16.1. The SMILES string of the molecule is Clc1cccc(-c2cccc3c(-c4ccc5ccccc5c4)cccc23)c1. The lowest BCUT2D eigenvalue weighted by molar-refractivity contribution is 1.64. The van der Waals surface area contributed by atoms with Gasteiger partial charge in [-0.05, 0) is 62.0 Å². The Balaban J connectivity index is 1.75. The van der Waals surface area contributed by atoms with Crippen molar-refractivity contribution in [1.82, 2.24) is 0 Å². The van der Waals surface area contributed by atoms with Crippen molar-refractivity contribution in [2.45, 2.75) is 0 Å². The average Bonchev–Trinajstić information content (AvgIpc) is 2.72. The van der Waals surface area contributed by atoms with Gasteiger partial charge in [0.2, 0.25) is 0 Å². The Bertz CT molecular complexity index is 1280. The molecule has 128 valence electrons. The zero-order valence-electron chi connectivity index (χ0n) is 14.7. The number of hydrogen-bond acceptors (Lipinski definition) is 0. The minimum absolute atomic E-state index is 0.759. The summed E-state index contributed by atoms with van der Waals surface area (Å²) in [5, 5.41) is 5.78. The summed E-state index contributed by atoms with van der Waals surface area (Å²) in [6.07, 6.45) is 0. The highest BCUT2D eigenvalue weighted by atomic mass is 35.5. The third kappa shape index (κ3) is 2.89. The highest BCUT2D eigenvalue weighted by molar-refractivity contribution is 6.31. The lowest BCUT2D eigenvalue weighted by atomic mass is 9.92. The largest absolute Gasteiger partial charge is 0.0843 e. The molecule has 0 saturated heterocycles. The predicted molar refractivity (Wildman–Crippen MR) is 117 cm³/mol. The topological polar surface area (TPSA) is 0 Å². The van der Waals surface area contributed by atoms with E-state index in [1.165, 1.54) is 38.2 Å². The van der Waals surface area contributed by atoms with E-state index in [0.29, 0.717) is 0 Å². The van der Waals surface area contributed by atoms with E-state index in [-0.39, 0.29) is 0 Å². The van der Waals surface area contributed by atoms with Crippen LogP contribution in [0.15, 0.2) is 103 Å². The summed E-state index contributed by atoms with van der Waals surface area (Å²) in [6.45, 7) is 0. The van der Waals surface area contributed by atoms with E-state index < -0.39 is 0 Å². The molecule has 0 heterocycles. The summed E-state index contributed by atoms with van der Waals surface area (Å²) in [6, 6.07) is 36.3. The second kappa shape index (κ2) is 6.57. The van der Waals surface area contributed by atoms with Gasteiger partial charge in [-0.15, -0.1) is 0 Å². The molecule has 0 bridgehead atoms. The number of benzene rings is 5. The summed E-state index contributed by atoms with van der Waals surface area (Å²) < 4.78 is 0. The smallest absolute Gasteiger partial charge is 0.0412 e. The monoisotopic (exact) mass is 364 g/mol. The highest BCUT2D eigenvalue weighted by Gasteiger charge is 2.09. The first-order chi connectivity index (χ1) is 13.3. The van der Waals surface area contributed by atoms with Crippen LogP contribution in [-0.2, 0) is 0 Å².